The van der Waals surface area contributed by atoms with Crippen molar-refractivity contribution in [3.05, 3.63) is 83.6 Å². The van der Waals surface area contributed by atoms with Gasteiger partial charge in [0.05, 0.1) is 11.9 Å². The molecule has 7 nitrogen and oxygen atoms in total. The topological polar surface area (TPSA) is 73.5 Å². The number of nitrogens with zero attached hydrogens (tertiary/aromatic N) is 3. The summed E-state index contributed by atoms with van der Waals surface area (Å²) in [5.74, 6) is 2.07. The fourth-order valence-corrected chi connectivity index (χ4v) is 5.33. The predicted molar refractivity (Wildman–Crippen MR) is 137 cm³/mol. The minimum atomic E-state index is -0.0607. The van der Waals surface area contributed by atoms with Crippen LogP contribution in [0.15, 0.2) is 73.1 Å². The molecule has 0 bridgehead atoms. The maximum absolute atomic E-state index is 13.0. The van der Waals surface area contributed by atoms with Crippen molar-refractivity contribution in [3.63, 3.8) is 0 Å². The van der Waals surface area contributed by atoms with Crippen LogP contribution in [0.2, 0.25) is 5.02 Å². The minimum Gasteiger partial charge on any atom is -0.457 e. The van der Waals surface area contributed by atoms with Gasteiger partial charge in [0, 0.05) is 42.3 Å². The highest BCUT2D eigenvalue weighted by molar-refractivity contribution is 6.30. The molecular formula is C27H26ClN5O2. The second kappa shape index (κ2) is 9.24. The highest BCUT2D eigenvalue weighted by atomic mass is 35.5. The summed E-state index contributed by atoms with van der Waals surface area (Å²) >= 11 is 5.97. The number of aromatic nitrogens is 2. The van der Waals surface area contributed by atoms with Crippen molar-refractivity contribution >= 4 is 34.4 Å². The van der Waals surface area contributed by atoms with Crippen molar-refractivity contribution < 1.29 is 9.53 Å². The number of hydrogen-bond acceptors (Lipinski definition) is 4. The van der Waals surface area contributed by atoms with Gasteiger partial charge in [0.2, 0.25) is 0 Å². The lowest BCUT2D eigenvalue weighted by Crippen LogP contribution is -2.38. The molecule has 2 amide bonds. The van der Waals surface area contributed by atoms with E-state index >= 15 is 0 Å². The molecule has 2 N–H and O–H groups in total. The fraction of sp³-hybridized carbons (Fsp3) is 0.259. The second-order valence-corrected chi connectivity index (χ2v) is 9.70. The number of amides is 2. The molecule has 0 spiro atoms. The van der Waals surface area contributed by atoms with Gasteiger partial charge in [-0.15, -0.1) is 0 Å². The summed E-state index contributed by atoms with van der Waals surface area (Å²) in [6, 6.07) is 19.8. The van der Waals surface area contributed by atoms with E-state index in [-0.39, 0.29) is 6.03 Å². The van der Waals surface area contributed by atoms with Gasteiger partial charge in [0.25, 0.3) is 0 Å². The number of ether oxygens (including phenoxy) is 1. The Kier molecular flexibility index (Phi) is 5.80. The van der Waals surface area contributed by atoms with Crippen molar-refractivity contribution in [1.82, 2.24) is 19.8 Å². The molecule has 6 rings (SSSR count). The predicted octanol–water partition coefficient (Wildman–Crippen LogP) is 5.75. The monoisotopic (exact) mass is 487 g/mol. The summed E-state index contributed by atoms with van der Waals surface area (Å²) in [5, 5.41) is 4.69. The van der Waals surface area contributed by atoms with Gasteiger partial charge in [0.1, 0.15) is 17.1 Å². The summed E-state index contributed by atoms with van der Waals surface area (Å²) in [6.07, 6.45) is 4.64. The summed E-state index contributed by atoms with van der Waals surface area (Å²) in [6.45, 7) is 3.40. The number of anilines is 1. The minimum absolute atomic E-state index is 0.0607. The van der Waals surface area contributed by atoms with Crippen molar-refractivity contribution in [2.75, 3.05) is 25.0 Å². The van der Waals surface area contributed by atoms with E-state index in [2.05, 4.69) is 32.3 Å². The van der Waals surface area contributed by atoms with E-state index in [0.29, 0.717) is 22.7 Å². The Labute approximate surface area is 208 Å². The number of pyridine rings is 1. The summed E-state index contributed by atoms with van der Waals surface area (Å²) in [7, 11) is 0. The summed E-state index contributed by atoms with van der Waals surface area (Å²) < 4.78 is 6.01. The SMILES string of the molecule is O=C(Nc1cnc2[nH]ccc2c1)N1CC2CCN(Cc3cccc(Oc4ccc(Cl)cc4)c3)C2C1. The van der Waals surface area contributed by atoms with Gasteiger partial charge in [0.15, 0.2) is 0 Å². The number of hydrogen-bond donors (Lipinski definition) is 2. The maximum atomic E-state index is 13.0. The number of rotatable bonds is 5. The number of carbonyl (C=O) groups excluding carboxylic acids is 1. The number of nitrogens with one attached hydrogen (secondary N) is 2. The van der Waals surface area contributed by atoms with Crippen molar-refractivity contribution in [2.45, 2.75) is 19.0 Å². The Morgan fingerprint density at radius 1 is 1.11 bits per heavy atom. The number of urea groups is 1. The summed E-state index contributed by atoms with van der Waals surface area (Å²) in [5.41, 5.74) is 2.73. The van der Waals surface area contributed by atoms with Crippen LogP contribution in [0.1, 0.15) is 12.0 Å². The number of aromatic amines is 1. The normalized spacial score (nSPS) is 19.7. The molecule has 2 fully saturated rings. The van der Waals surface area contributed by atoms with Crippen LogP contribution in [0.4, 0.5) is 10.5 Å². The largest absolute Gasteiger partial charge is 0.457 e. The van der Waals surface area contributed by atoms with Crippen molar-refractivity contribution in [3.8, 4) is 11.5 Å². The molecule has 2 aromatic carbocycles. The van der Waals surface area contributed by atoms with E-state index < -0.39 is 0 Å². The second-order valence-electron chi connectivity index (χ2n) is 9.26. The zero-order valence-electron chi connectivity index (χ0n) is 19.2. The molecule has 2 atom stereocenters. The Bertz CT molecular complexity index is 1360. The number of fused-ring (bicyclic) bond motifs is 2. The number of carbonyl (C=O) groups is 1. The molecule has 0 radical (unpaired) electrons. The first-order valence-electron chi connectivity index (χ1n) is 11.9. The Morgan fingerprint density at radius 2 is 2.00 bits per heavy atom. The molecule has 4 aromatic rings. The van der Waals surface area contributed by atoms with Crippen molar-refractivity contribution in [1.29, 1.82) is 0 Å². The van der Waals surface area contributed by atoms with E-state index in [1.165, 1.54) is 5.56 Å². The molecule has 2 aromatic heterocycles. The average molecular weight is 488 g/mol. The average Bonchev–Trinajstić information content (AvgIpc) is 3.58. The van der Waals surface area contributed by atoms with Crippen LogP contribution in [0.25, 0.3) is 11.0 Å². The van der Waals surface area contributed by atoms with E-state index in [1.54, 1.807) is 6.20 Å². The van der Waals surface area contributed by atoms with Gasteiger partial charge >= 0.3 is 6.03 Å². The number of halogens is 1. The number of H-pyrrole nitrogens is 1. The van der Waals surface area contributed by atoms with Crippen LogP contribution < -0.4 is 10.1 Å². The van der Waals surface area contributed by atoms with Crippen LogP contribution >= 0.6 is 11.6 Å². The summed E-state index contributed by atoms with van der Waals surface area (Å²) in [4.78, 5) is 24.8. The van der Waals surface area contributed by atoms with Gasteiger partial charge in [-0.05, 0) is 73.0 Å². The fourth-order valence-electron chi connectivity index (χ4n) is 5.20. The Hall–Kier alpha value is -3.55. The molecule has 178 valence electrons. The molecule has 2 saturated heterocycles. The Morgan fingerprint density at radius 3 is 2.89 bits per heavy atom. The lowest BCUT2D eigenvalue weighted by Gasteiger charge is -2.25. The maximum Gasteiger partial charge on any atom is 0.321 e. The molecule has 2 aliphatic rings. The highest BCUT2D eigenvalue weighted by Gasteiger charge is 2.42. The van der Waals surface area contributed by atoms with E-state index in [9.17, 15) is 4.79 Å². The first kappa shape index (κ1) is 21.9. The smallest absolute Gasteiger partial charge is 0.321 e. The van der Waals surface area contributed by atoms with Gasteiger partial charge < -0.3 is 19.9 Å². The third kappa shape index (κ3) is 4.70. The number of benzene rings is 2. The van der Waals surface area contributed by atoms with E-state index in [1.807, 2.05) is 59.6 Å². The molecule has 0 saturated carbocycles. The van der Waals surface area contributed by atoms with Crippen LogP contribution in [0, 0.1) is 5.92 Å². The molecule has 2 aliphatic heterocycles. The lowest BCUT2D eigenvalue weighted by molar-refractivity contribution is 0.204. The quantitative estimate of drug-likeness (QED) is 0.376. The third-order valence-electron chi connectivity index (χ3n) is 6.93. The van der Waals surface area contributed by atoms with Gasteiger partial charge in [-0.2, -0.15) is 0 Å². The first-order valence-corrected chi connectivity index (χ1v) is 12.2. The van der Waals surface area contributed by atoms with Crippen LogP contribution in [-0.2, 0) is 6.54 Å². The molecule has 0 aliphatic carbocycles. The van der Waals surface area contributed by atoms with Crippen molar-refractivity contribution in [2.24, 2.45) is 5.92 Å². The molecule has 2 unspecified atom stereocenters. The third-order valence-corrected chi connectivity index (χ3v) is 7.19. The van der Waals surface area contributed by atoms with Gasteiger partial charge in [-0.3, -0.25) is 4.90 Å². The highest BCUT2D eigenvalue weighted by Crippen LogP contribution is 2.33. The van der Waals surface area contributed by atoms with Crippen LogP contribution in [0.5, 0.6) is 11.5 Å². The lowest BCUT2D eigenvalue weighted by atomic mass is 10.0. The van der Waals surface area contributed by atoms with Crippen LogP contribution in [-0.4, -0.2) is 51.5 Å². The Balaban J connectivity index is 1.08. The molecule has 35 heavy (non-hydrogen) atoms. The zero-order valence-corrected chi connectivity index (χ0v) is 19.9. The van der Waals surface area contributed by atoms with E-state index in [4.69, 9.17) is 16.3 Å². The van der Waals surface area contributed by atoms with E-state index in [0.717, 1.165) is 55.1 Å². The van der Waals surface area contributed by atoms with Crippen LogP contribution in [0.3, 0.4) is 0 Å². The molecular weight excluding hydrogens is 462 g/mol. The number of likely N-dealkylation sites (tertiary alicyclic amines) is 2. The molecule has 8 heteroatoms. The first-order chi connectivity index (χ1) is 17.1. The zero-order chi connectivity index (χ0) is 23.8. The molecule has 4 heterocycles. The standard InChI is InChI=1S/C27H26ClN5O2/c28-21-4-6-23(7-5-21)35-24-3-1-2-18(12-24)15-32-11-9-20-16-33(17-25(20)32)27(34)31-22-13-19-8-10-29-26(19)30-14-22/h1-8,10,12-14,20,25H,9,11,15-17H2,(H,29,30)(H,31,34). The van der Waals surface area contributed by atoms with Gasteiger partial charge in [-0.1, -0.05) is 23.7 Å². The van der Waals surface area contributed by atoms with Gasteiger partial charge in [-0.25, -0.2) is 9.78 Å².